The number of nitrogens with one attached hydrogen (secondary N) is 1. The van der Waals surface area contributed by atoms with E-state index in [1.807, 2.05) is 31.2 Å². The Bertz CT molecular complexity index is 983. The van der Waals surface area contributed by atoms with E-state index in [1.54, 1.807) is 18.2 Å². The lowest BCUT2D eigenvalue weighted by Gasteiger charge is -2.35. The molecule has 4 rings (SSSR count). The van der Waals surface area contributed by atoms with Crippen molar-refractivity contribution >= 4 is 33.9 Å². The van der Waals surface area contributed by atoms with E-state index in [4.69, 9.17) is 0 Å². The van der Waals surface area contributed by atoms with Gasteiger partial charge in [0.2, 0.25) is 11.0 Å². The highest BCUT2D eigenvalue weighted by atomic mass is 32.1. The van der Waals surface area contributed by atoms with Gasteiger partial charge in [0.1, 0.15) is 5.82 Å². The minimum atomic E-state index is -0.305. The Labute approximate surface area is 173 Å². The van der Waals surface area contributed by atoms with Crippen LogP contribution in [-0.4, -0.2) is 41.4 Å². The summed E-state index contributed by atoms with van der Waals surface area (Å²) in [6.45, 7) is 5.19. The predicted octanol–water partition coefficient (Wildman–Crippen LogP) is 4.02. The summed E-state index contributed by atoms with van der Waals surface area (Å²) in [7, 11) is 0. The first-order valence-corrected chi connectivity index (χ1v) is 10.4. The quantitative estimate of drug-likeness (QED) is 0.687. The molecule has 29 heavy (non-hydrogen) atoms. The molecule has 0 spiro atoms. The molecule has 2 heterocycles. The zero-order valence-corrected chi connectivity index (χ0v) is 17.0. The first kappa shape index (κ1) is 19.3. The summed E-state index contributed by atoms with van der Waals surface area (Å²) in [6.07, 6.45) is 0.466. The van der Waals surface area contributed by atoms with Gasteiger partial charge in [-0.3, -0.25) is 4.79 Å². The Morgan fingerprint density at radius 1 is 1.07 bits per heavy atom. The van der Waals surface area contributed by atoms with Gasteiger partial charge < -0.3 is 15.1 Å². The molecule has 0 unspecified atom stereocenters. The summed E-state index contributed by atoms with van der Waals surface area (Å²) in [6, 6.07) is 14.5. The number of carbonyl (C=O) groups is 1. The lowest BCUT2D eigenvalue weighted by atomic mass is 10.2. The number of rotatable bonds is 5. The molecule has 0 bridgehead atoms. The van der Waals surface area contributed by atoms with E-state index in [9.17, 15) is 9.18 Å². The average molecular weight is 412 g/mol. The second-order valence-corrected chi connectivity index (χ2v) is 7.53. The highest BCUT2D eigenvalue weighted by molar-refractivity contribution is 7.09. The minimum Gasteiger partial charge on any atom is -0.368 e. The van der Waals surface area contributed by atoms with Gasteiger partial charge in [-0.05, 0) is 36.4 Å². The molecule has 1 aliphatic rings. The number of carbonyl (C=O) groups excluding carboxylic acids is 1. The summed E-state index contributed by atoms with van der Waals surface area (Å²) in [4.78, 5) is 20.5. The normalized spacial score (nSPS) is 14.1. The highest BCUT2D eigenvalue weighted by Crippen LogP contribution is 2.27. The highest BCUT2D eigenvalue weighted by Gasteiger charge is 2.21. The van der Waals surface area contributed by atoms with Crippen molar-refractivity contribution in [2.24, 2.45) is 0 Å². The van der Waals surface area contributed by atoms with Gasteiger partial charge in [0, 0.05) is 55.5 Å². The molecule has 1 saturated heterocycles. The van der Waals surface area contributed by atoms with Gasteiger partial charge in [0.15, 0.2) is 5.82 Å². The van der Waals surface area contributed by atoms with Crippen LogP contribution in [0.4, 0.5) is 20.9 Å². The van der Waals surface area contributed by atoms with E-state index in [0.29, 0.717) is 17.8 Å². The van der Waals surface area contributed by atoms with Gasteiger partial charge >= 0.3 is 0 Å². The Kier molecular flexibility index (Phi) is 5.71. The summed E-state index contributed by atoms with van der Waals surface area (Å²) in [5, 5.41) is 3.68. The van der Waals surface area contributed by atoms with Crippen LogP contribution in [0.1, 0.15) is 13.3 Å². The average Bonchev–Trinajstić information content (AvgIpc) is 3.25. The molecule has 0 atom stereocenters. The SMILES string of the molecule is CCC(=O)Nc1ccc(N2CCN(c3nc(-c4ccccc4F)ns3)CC2)cc1. The second-order valence-electron chi connectivity index (χ2n) is 6.80. The first-order chi connectivity index (χ1) is 14.1. The Morgan fingerprint density at radius 2 is 1.76 bits per heavy atom. The van der Waals surface area contributed by atoms with Crippen LogP contribution in [0.15, 0.2) is 48.5 Å². The number of piperazine rings is 1. The van der Waals surface area contributed by atoms with Crippen LogP contribution in [0.5, 0.6) is 0 Å². The number of hydrogen-bond donors (Lipinski definition) is 1. The van der Waals surface area contributed by atoms with Crippen LogP contribution in [0.25, 0.3) is 11.4 Å². The largest absolute Gasteiger partial charge is 0.368 e. The van der Waals surface area contributed by atoms with Gasteiger partial charge in [0.05, 0.1) is 5.56 Å². The Hall–Kier alpha value is -3.00. The van der Waals surface area contributed by atoms with E-state index in [0.717, 1.165) is 42.7 Å². The van der Waals surface area contributed by atoms with Gasteiger partial charge in [-0.25, -0.2) is 4.39 Å². The van der Waals surface area contributed by atoms with Crippen LogP contribution < -0.4 is 15.1 Å². The molecule has 3 aromatic rings. The molecule has 1 fully saturated rings. The molecular formula is C21H22FN5OS. The molecule has 6 nitrogen and oxygen atoms in total. The number of nitrogens with zero attached hydrogens (tertiary/aromatic N) is 4. The van der Waals surface area contributed by atoms with Crippen molar-refractivity contribution in [1.29, 1.82) is 0 Å². The number of halogens is 1. The lowest BCUT2D eigenvalue weighted by molar-refractivity contribution is -0.115. The molecule has 1 N–H and O–H groups in total. The van der Waals surface area contributed by atoms with Crippen molar-refractivity contribution in [1.82, 2.24) is 9.36 Å². The van der Waals surface area contributed by atoms with Crippen LogP contribution in [0.3, 0.4) is 0 Å². The maximum absolute atomic E-state index is 14.0. The Balaban J connectivity index is 1.37. The molecule has 1 aromatic heterocycles. The van der Waals surface area contributed by atoms with E-state index in [2.05, 4.69) is 24.5 Å². The summed E-state index contributed by atoms with van der Waals surface area (Å²) < 4.78 is 18.3. The second kappa shape index (κ2) is 8.57. The van der Waals surface area contributed by atoms with Crippen LogP contribution >= 0.6 is 11.5 Å². The fourth-order valence-corrected chi connectivity index (χ4v) is 3.99. The number of benzene rings is 2. The van der Waals surface area contributed by atoms with E-state index < -0.39 is 0 Å². The summed E-state index contributed by atoms with van der Waals surface area (Å²) >= 11 is 1.31. The number of amides is 1. The van der Waals surface area contributed by atoms with Crippen molar-refractivity contribution < 1.29 is 9.18 Å². The van der Waals surface area contributed by atoms with Gasteiger partial charge in [-0.1, -0.05) is 19.1 Å². The topological polar surface area (TPSA) is 61.4 Å². The molecule has 0 radical (unpaired) electrons. The first-order valence-electron chi connectivity index (χ1n) is 9.62. The van der Waals surface area contributed by atoms with Crippen molar-refractivity contribution in [3.63, 3.8) is 0 Å². The zero-order valence-electron chi connectivity index (χ0n) is 16.1. The number of hydrogen-bond acceptors (Lipinski definition) is 6. The van der Waals surface area contributed by atoms with E-state index >= 15 is 0 Å². The van der Waals surface area contributed by atoms with Crippen molar-refractivity contribution in [3.8, 4) is 11.4 Å². The van der Waals surface area contributed by atoms with Crippen molar-refractivity contribution in [2.45, 2.75) is 13.3 Å². The van der Waals surface area contributed by atoms with E-state index in [-0.39, 0.29) is 11.7 Å². The lowest BCUT2D eigenvalue weighted by Crippen LogP contribution is -2.46. The maximum Gasteiger partial charge on any atom is 0.224 e. The van der Waals surface area contributed by atoms with Crippen LogP contribution in [-0.2, 0) is 4.79 Å². The van der Waals surface area contributed by atoms with Gasteiger partial charge in [0.25, 0.3) is 0 Å². The van der Waals surface area contributed by atoms with Gasteiger partial charge in [-0.15, -0.1) is 0 Å². The summed E-state index contributed by atoms with van der Waals surface area (Å²) in [5.74, 6) is 0.147. The predicted molar refractivity (Wildman–Crippen MR) is 115 cm³/mol. The molecule has 1 amide bonds. The third-order valence-corrected chi connectivity index (χ3v) is 5.69. The van der Waals surface area contributed by atoms with Gasteiger partial charge in [-0.2, -0.15) is 9.36 Å². The van der Waals surface area contributed by atoms with Crippen LogP contribution in [0, 0.1) is 5.82 Å². The van der Waals surface area contributed by atoms with Crippen molar-refractivity contribution in [2.75, 3.05) is 41.3 Å². The molecule has 0 saturated carbocycles. The molecule has 150 valence electrons. The fraction of sp³-hybridized carbons (Fsp3) is 0.286. The molecular weight excluding hydrogens is 389 g/mol. The zero-order chi connectivity index (χ0) is 20.2. The third-order valence-electron chi connectivity index (χ3n) is 4.92. The third kappa shape index (κ3) is 4.37. The molecule has 2 aromatic carbocycles. The molecule has 0 aliphatic carbocycles. The van der Waals surface area contributed by atoms with Crippen molar-refractivity contribution in [3.05, 3.63) is 54.3 Å². The standard InChI is InChI=1S/C21H22FN5OS/c1-2-19(28)23-15-7-9-16(10-8-15)26-11-13-27(14-12-26)21-24-20(25-29-21)17-5-3-4-6-18(17)22/h3-10H,2,11-14H2,1H3,(H,23,28). The summed E-state index contributed by atoms with van der Waals surface area (Å²) in [5.41, 5.74) is 2.38. The van der Waals surface area contributed by atoms with E-state index in [1.165, 1.54) is 17.6 Å². The minimum absolute atomic E-state index is 0.0122. The molecule has 8 heteroatoms. The smallest absolute Gasteiger partial charge is 0.224 e. The maximum atomic E-state index is 14.0. The number of aromatic nitrogens is 2. The van der Waals surface area contributed by atoms with Crippen LogP contribution in [0.2, 0.25) is 0 Å². The fourth-order valence-electron chi connectivity index (χ4n) is 3.26. The Morgan fingerprint density at radius 3 is 2.45 bits per heavy atom. The number of anilines is 3. The molecule has 1 aliphatic heterocycles. The monoisotopic (exact) mass is 411 g/mol.